The lowest BCUT2D eigenvalue weighted by Crippen LogP contribution is -2.27. The van der Waals surface area contributed by atoms with E-state index in [1.54, 1.807) is 22.7 Å². The van der Waals surface area contributed by atoms with Crippen LogP contribution in [-0.2, 0) is 11.2 Å². The minimum absolute atomic E-state index is 0.0670. The van der Waals surface area contributed by atoms with E-state index in [4.69, 9.17) is 5.11 Å². The van der Waals surface area contributed by atoms with Crippen molar-refractivity contribution in [3.63, 3.8) is 0 Å². The number of carbonyl (C=O) groups excluding carboxylic acids is 1. The Morgan fingerprint density at radius 1 is 1.30 bits per heavy atom. The largest absolute Gasteiger partial charge is 0.396 e. The molecule has 2 heterocycles. The van der Waals surface area contributed by atoms with Gasteiger partial charge in [0.05, 0.1) is 6.42 Å². The molecule has 1 atom stereocenters. The number of nitrogens with one attached hydrogen (secondary N) is 1. The molecule has 0 fully saturated rings. The number of rotatable bonds is 8. The van der Waals surface area contributed by atoms with Crippen molar-refractivity contribution < 1.29 is 9.90 Å². The molecule has 0 aromatic carbocycles. The van der Waals surface area contributed by atoms with Crippen LogP contribution in [0.3, 0.4) is 0 Å². The number of amides is 1. The normalized spacial score (nSPS) is 12.2. The summed E-state index contributed by atoms with van der Waals surface area (Å²) < 4.78 is 0. The van der Waals surface area contributed by atoms with Gasteiger partial charge in [-0.05, 0) is 52.6 Å². The molecule has 1 amide bonds. The number of carbonyl (C=O) groups is 1. The minimum atomic E-state index is 0.0670. The quantitative estimate of drug-likeness (QED) is 0.787. The number of aliphatic hydroxyl groups is 1. The van der Waals surface area contributed by atoms with Gasteiger partial charge in [-0.15, -0.1) is 11.3 Å². The molecule has 0 spiro atoms. The molecule has 2 N–H and O–H groups in total. The van der Waals surface area contributed by atoms with E-state index in [1.807, 2.05) is 22.9 Å². The summed E-state index contributed by atoms with van der Waals surface area (Å²) in [5, 5.41) is 18.1. The molecule has 0 unspecified atom stereocenters. The Kier molecular flexibility index (Phi) is 6.24. The van der Waals surface area contributed by atoms with Gasteiger partial charge in [-0.2, -0.15) is 11.3 Å². The predicted octanol–water partition coefficient (Wildman–Crippen LogP) is 3.02. The molecular formula is C15H19NO2S2. The molecule has 108 valence electrons. The highest BCUT2D eigenvalue weighted by molar-refractivity contribution is 7.10. The fraction of sp³-hybridized carbons (Fsp3) is 0.400. The summed E-state index contributed by atoms with van der Waals surface area (Å²) in [6, 6.07) is 6.10. The number of hydrogen-bond acceptors (Lipinski definition) is 4. The van der Waals surface area contributed by atoms with Crippen LogP contribution in [0.25, 0.3) is 0 Å². The lowest BCUT2D eigenvalue weighted by atomic mass is 10.00. The predicted molar refractivity (Wildman–Crippen MR) is 84.4 cm³/mol. The van der Waals surface area contributed by atoms with Crippen LogP contribution in [-0.4, -0.2) is 24.2 Å². The van der Waals surface area contributed by atoms with Crippen LogP contribution in [0.1, 0.15) is 29.2 Å². The van der Waals surface area contributed by atoms with Gasteiger partial charge < -0.3 is 10.4 Å². The first kappa shape index (κ1) is 15.2. The summed E-state index contributed by atoms with van der Waals surface area (Å²) in [6.45, 7) is 0.844. The van der Waals surface area contributed by atoms with Gasteiger partial charge in [0, 0.05) is 18.0 Å². The highest BCUT2D eigenvalue weighted by Gasteiger charge is 2.12. The molecule has 20 heavy (non-hydrogen) atoms. The smallest absolute Gasteiger partial charge is 0.224 e. The topological polar surface area (TPSA) is 49.3 Å². The van der Waals surface area contributed by atoms with Crippen LogP contribution in [0.15, 0.2) is 34.3 Å². The second-order valence-corrected chi connectivity index (χ2v) is 6.43. The van der Waals surface area contributed by atoms with E-state index in [0.29, 0.717) is 18.9 Å². The Morgan fingerprint density at radius 2 is 2.20 bits per heavy atom. The Hall–Kier alpha value is -1.17. The molecule has 3 nitrogen and oxygen atoms in total. The summed E-state index contributed by atoms with van der Waals surface area (Å²) in [7, 11) is 0. The van der Waals surface area contributed by atoms with Crippen molar-refractivity contribution in [3.8, 4) is 0 Å². The van der Waals surface area contributed by atoms with Crippen molar-refractivity contribution in [2.45, 2.75) is 25.2 Å². The Balaban J connectivity index is 1.74. The molecular weight excluding hydrogens is 290 g/mol. The summed E-state index contributed by atoms with van der Waals surface area (Å²) >= 11 is 3.32. The summed E-state index contributed by atoms with van der Waals surface area (Å²) in [5.74, 6) is 0.402. The summed E-state index contributed by atoms with van der Waals surface area (Å²) in [6.07, 6.45) is 2.07. The van der Waals surface area contributed by atoms with Gasteiger partial charge >= 0.3 is 0 Å². The third-order valence-corrected chi connectivity index (χ3v) is 4.95. The summed E-state index contributed by atoms with van der Waals surface area (Å²) in [5.41, 5.74) is 1.07. The monoisotopic (exact) mass is 309 g/mol. The lowest BCUT2D eigenvalue weighted by molar-refractivity contribution is -0.120. The first-order valence-corrected chi connectivity index (χ1v) is 8.54. The fourth-order valence-corrected chi connectivity index (χ4v) is 3.70. The zero-order valence-electron chi connectivity index (χ0n) is 11.2. The number of thiophene rings is 2. The SMILES string of the molecule is O=C(Cc1ccsc1)NCC[C@@H](CCO)c1cccs1. The van der Waals surface area contributed by atoms with E-state index < -0.39 is 0 Å². The molecule has 0 bridgehead atoms. The van der Waals surface area contributed by atoms with E-state index in [1.165, 1.54) is 4.88 Å². The van der Waals surface area contributed by atoms with Crippen LogP contribution in [0.5, 0.6) is 0 Å². The summed E-state index contributed by atoms with van der Waals surface area (Å²) in [4.78, 5) is 13.1. The molecule has 2 rings (SSSR count). The van der Waals surface area contributed by atoms with E-state index in [9.17, 15) is 4.79 Å². The average molecular weight is 309 g/mol. The average Bonchev–Trinajstić information content (AvgIpc) is 3.10. The fourth-order valence-electron chi connectivity index (χ4n) is 2.14. The van der Waals surface area contributed by atoms with E-state index in [2.05, 4.69) is 16.8 Å². The maximum atomic E-state index is 11.8. The molecule has 0 aliphatic carbocycles. The zero-order valence-corrected chi connectivity index (χ0v) is 12.9. The third-order valence-electron chi connectivity index (χ3n) is 3.18. The van der Waals surface area contributed by atoms with Crippen molar-refractivity contribution in [1.82, 2.24) is 5.32 Å². The van der Waals surface area contributed by atoms with Crippen LogP contribution in [0, 0.1) is 0 Å². The van der Waals surface area contributed by atoms with Crippen molar-refractivity contribution in [3.05, 3.63) is 44.8 Å². The molecule has 5 heteroatoms. The molecule has 0 aliphatic rings. The van der Waals surface area contributed by atoms with Gasteiger partial charge in [0.25, 0.3) is 0 Å². The van der Waals surface area contributed by atoms with Gasteiger partial charge in [-0.1, -0.05) is 6.07 Å². The molecule has 0 aliphatic heterocycles. The number of aliphatic hydroxyl groups excluding tert-OH is 1. The van der Waals surface area contributed by atoms with Crippen molar-refractivity contribution in [2.24, 2.45) is 0 Å². The maximum absolute atomic E-state index is 11.8. The van der Waals surface area contributed by atoms with Crippen molar-refractivity contribution in [2.75, 3.05) is 13.2 Å². The van der Waals surface area contributed by atoms with E-state index in [0.717, 1.165) is 18.4 Å². The maximum Gasteiger partial charge on any atom is 0.224 e. The first-order chi connectivity index (χ1) is 9.79. The second kappa shape index (κ2) is 8.19. The molecule has 2 aromatic rings. The van der Waals surface area contributed by atoms with Gasteiger partial charge in [-0.3, -0.25) is 4.79 Å². The Morgan fingerprint density at radius 3 is 2.85 bits per heavy atom. The molecule has 0 saturated carbocycles. The lowest BCUT2D eigenvalue weighted by Gasteiger charge is -2.14. The minimum Gasteiger partial charge on any atom is -0.396 e. The van der Waals surface area contributed by atoms with Crippen LogP contribution < -0.4 is 5.32 Å². The highest BCUT2D eigenvalue weighted by atomic mass is 32.1. The van der Waals surface area contributed by atoms with E-state index in [-0.39, 0.29) is 12.5 Å². The first-order valence-electron chi connectivity index (χ1n) is 6.71. The van der Waals surface area contributed by atoms with Gasteiger partial charge in [0.15, 0.2) is 0 Å². The Labute approximate surface area is 127 Å². The standard InChI is InChI=1S/C15H19NO2S2/c17-7-4-13(14-2-1-8-20-14)3-6-16-15(18)10-12-5-9-19-11-12/h1-2,5,8-9,11,13,17H,3-4,6-7,10H2,(H,16,18)/t13-/m0/s1. The van der Waals surface area contributed by atoms with E-state index >= 15 is 0 Å². The highest BCUT2D eigenvalue weighted by Crippen LogP contribution is 2.26. The van der Waals surface area contributed by atoms with Crippen molar-refractivity contribution >= 4 is 28.6 Å². The zero-order chi connectivity index (χ0) is 14.2. The van der Waals surface area contributed by atoms with Gasteiger partial charge in [0.2, 0.25) is 5.91 Å². The second-order valence-electron chi connectivity index (χ2n) is 4.67. The van der Waals surface area contributed by atoms with Crippen LogP contribution in [0.2, 0.25) is 0 Å². The van der Waals surface area contributed by atoms with Gasteiger partial charge in [-0.25, -0.2) is 0 Å². The van der Waals surface area contributed by atoms with Crippen LogP contribution in [0.4, 0.5) is 0 Å². The Bertz CT molecular complexity index is 494. The van der Waals surface area contributed by atoms with Gasteiger partial charge in [0.1, 0.15) is 0 Å². The molecule has 0 saturated heterocycles. The number of hydrogen-bond donors (Lipinski definition) is 2. The third kappa shape index (κ3) is 4.74. The molecule has 0 radical (unpaired) electrons. The van der Waals surface area contributed by atoms with Crippen LogP contribution >= 0.6 is 22.7 Å². The molecule has 2 aromatic heterocycles. The van der Waals surface area contributed by atoms with Crippen molar-refractivity contribution in [1.29, 1.82) is 0 Å².